The van der Waals surface area contributed by atoms with Crippen LogP contribution in [0.25, 0.3) is 0 Å². The van der Waals surface area contributed by atoms with Gasteiger partial charge in [0.05, 0.1) is 18.0 Å². The van der Waals surface area contributed by atoms with Crippen molar-refractivity contribution in [3.63, 3.8) is 0 Å². The molecule has 1 saturated heterocycles. The smallest absolute Gasteiger partial charge is 0.317 e. The second kappa shape index (κ2) is 14.1. The molecule has 2 amide bonds. The Bertz CT molecular complexity index is 1010. The number of hydrogen-bond donors (Lipinski definition) is 3. The Labute approximate surface area is 235 Å². The van der Waals surface area contributed by atoms with Crippen LogP contribution in [0.15, 0.2) is 24.3 Å². The summed E-state index contributed by atoms with van der Waals surface area (Å²) in [6.45, 7) is 5.63. The fraction of sp³-hybridized carbons (Fsp3) is 0.643. The first-order valence-electron chi connectivity index (χ1n) is 13.7. The highest BCUT2D eigenvalue weighted by Gasteiger charge is 2.42. The third kappa shape index (κ3) is 9.19. The van der Waals surface area contributed by atoms with Gasteiger partial charge >= 0.3 is 11.9 Å². The highest BCUT2D eigenvalue weighted by atomic mass is 35.5. The molecular formula is C28H41ClN4O6. The van der Waals surface area contributed by atoms with Crippen LogP contribution in [0, 0.1) is 5.41 Å². The van der Waals surface area contributed by atoms with E-state index in [0.717, 1.165) is 37.7 Å². The molecular weight excluding hydrogens is 524 g/mol. The number of hydrogen-bond acceptors (Lipinski definition) is 7. The number of esters is 1. The van der Waals surface area contributed by atoms with Crippen LogP contribution in [0.1, 0.15) is 64.9 Å². The molecule has 1 unspecified atom stereocenters. The van der Waals surface area contributed by atoms with E-state index in [1.807, 2.05) is 22.0 Å². The number of hydrazine groups is 1. The summed E-state index contributed by atoms with van der Waals surface area (Å²) in [6.07, 6.45) is 6.13. The summed E-state index contributed by atoms with van der Waals surface area (Å²) in [5, 5.41) is 14.4. The first-order valence-corrected chi connectivity index (χ1v) is 14.1. The van der Waals surface area contributed by atoms with Crippen molar-refractivity contribution in [1.82, 2.24) is 20.7 Å². The predicted molar refractivity (Wildman–Crippen MR) is 147 cm³/mol. The molecule has 2 aliphatic rings. The Morgan fingerprint density at radius 3 is 2.38 bits per heavy atom. The molecule has 2 atom stereocenters. The molecule has 2 fully saturated rings. The third-order valence-corrected chi connectivity index (χ3v) is 7.66. The second-order valence-corrected chi connectivity index (χ2v) is 11.6. The lowest BCUT2D eigenvalue weighted by molar-refractivity contribution is -0.155. The Morgan fingerprint density at radius 1 is 1.10 bits per heavy atom. The molecule has 11 heteroatoms. The number of amides is 2. The van der Waals surface area contributed by atoms with Crippen LogP contribution in [0.4, 0.5) is 0 Å². The number of carboxylic acid groups (broad SMARTS) is 1. The average Bonchev–Trinajstić information content (AvgIpc) is 3.34. The first-order chi connectivity index (χ1) is 18.5. The molecule has 216 valence electrons. The Morgan fingerprint density at radius 2 is 1.77 bits per heavy atom. The van der Waals surface area contributed by atoms with Crippen LogP contribution in [-0.2, 0) is 30.3 Å². The largest absolute Gasteiger partial charge is 0.480 e. The molecule has 1 aromatic rings. The van der Waals surface area contributed by atoms with Crippen LogP contribution < -0.4 is 10.7 Å². The number of carbonyl (C=O) groups excluding carboxylic acids is 3. The van der Waals surface area contributed by atoms with Gasteiger partial charge in [-0.05, 0) is 57.2 Å². The van der Waals surface area contributed by atoms with E-state index >= 15 is 0 Å². The van der Waals surface area contributed by atoms with Crippen molar-refractivity contribution in [2.75, 3.05) is 26.2 Å². The number of aliphatic carboxylic acids is 1. The van der Waals surface area contributed by atoms with Crippen LogP contribution >= 0.6 is 11.6 Å². The Kier molecular flexibility index (Phi) is 11.1. The Hall–Kier alpha value is -2.69. The molecule has 0 spiro atoms. The average molecular weight is 565 g/mol. The molecule has 1 heterocycles. The fourth-order valence-electron chi connectivity index (χ4n) is 5.31. The summed E-state index contributed by atoms with van der Waals surface area (Å²) in [6, 6.07) is 6.32. The number of nitrogens with zero attached hydrogens (tertiary/aromatic N) is 2. The van der Waals surface area contributed by atoms with Crippen molar-refractivity contribution in [1.29, 1.82) is 0 Å². The molecule has 0 bridgehead atoms. The second-order valence-electron chi connectivity index (χ2n) is 11.2. The number of carbonyl (C=O) groups is 4. The zero-order chi connectivity index (χ0) is 28.6. The van der Waals surface area contributed by atoms with Gasteiger partial charge in [-0.3, -0.25) is 29.9 Å². The van der Waals surface area contributed by atoms with Crippen LogP contribution in [0.5, 0.6) is 0 Å². The zero-order valence-corrected chi connectivity index (χ0v) is 23.8. The maximum atomic E-state index is 13.8. The molecule has 0 aromatic heterocycles. The molecule has 3 N–H and O–H groups in total. The van der Waals surface area contributed by atoms with E-state index in [9.17, 15) is 19.2 Å². The van der Waals surface area contributed by atoms with E-state index in [0.29, 0.717) is 31.0 Å². The van der Waals surface area contributed by atoms with Crippen molar-refractivity contribution in [3.8, 4) is 0 Å². The molecule has 1 aromatic carbocycles. The number of carboxylic acids is 1. The van der Waals surface area contributed by atoms with Crippen molar-refractivity contribution in [2.45, 2.75) is 83.8 Å². The quantitative estimate of drug-likeness (QED) is 0.331. The van der Waals surface area contributed by atoms with Crippen molar-refractivity contribution >= 4 is 35.4 Å². The molecule has 1 saturated carbocycles. The topological polar surface area (TPSA) is 128 Å². The highest BCUT2D eigenvalue weighted by molar-refractivity contribution is 6.30. The van der Waals surface area contributed by atoms with Gasteiger partial charge in [-0.1, -0.05) is 43.0 Å². The van der Waals surface area contributed by atoms with Gasteiger partial charge in [0, 0.05) is 37.1 Å². The zero-order valence-electron chi connectivity index (χ0n) is 23.1. The maximum Gasteiger partial charge on any atom is 0.317 e. The molecule has 3 rings (SSSR count). The lowest BCUT2D eigenvalue weighted by Gasteiger charge is -2.42. The van der Waals surface area contributed by atoms with Crippen LogP contribution in [0.3, 0.4) is 0 Å². The standard InChI is InChI=1S/C28H41ClN4O6/c1-19(34)39-18-28(2,3)27(38)33(22-7-5-4-6-8-22)23-13-14-32(17-23)31-26(37)24(30-16-25(35)36)15-20-9-11-21(29)12-10-20/h9-12,22-24,30H,4-8,13-18H2,1-3H3,(H,31,37)(H,35,36)/t23-,24?/m0/s1. The summed E-state index contributed by atoms with van der Waals surface area (Å²) in [5.74, 6) is -1.85. The summed E-state index contributed by atoms with van der Waals surface area (Å²) in [5.41, 5.74) is 2.92. The van der Waals surface area contributed by atoms with Gasteiger partial charge in [-0.2, -0.15) is 0 Å². The predicted octanol–water partition coefficient (Wildman–Crippen LogP) is 2.78. The van der Waals surface area contributed by atoms with E-state index in [2.05, 4.69) is 10.7 Å². The van der Waals surface area contributed by atoms with E-state index in [1.54, 1.807) is 26.0 Å². The number of rotatable bonds is 12. The molecule has 39 heavy (non-hydrogen) atoms. The minimum atomic E-state index is -1.05. The van der Waals surface area contributed by atoms with Crippen molar-refractivity contribution < 1.29 is 29.0 Å². The lowest BCUT2D eigenvalue weighted by atomic mass is 9.87. The summed E-state index contributed by atoms with van der Waals surface area (Å²) in [7, 11) is 0. The van der Waals surface area contributed by atoms with Gasteiger partial charge in [0.2, 0.25) is 5.91 Å². The van der Waals surface area contributed by atoms with Crippen LogP contribution in [0.2, 0.25) is 5.02 Å². The van der Waals surface area contributed by atoms with E-state index in [-0.39, 0.29) is 37.0 Å². The fourth-order valence-corrected chi connectivity index (χ4v) is 5.44. The van der Waals surface area contributed by atoms with E-state index in [1.165, 1.54) is 6.92 Å². The van der Waals surface area contributed by atoms with E-state index in [4.69, 9.17) is 21.4 Å². The van der Waals surface area contributed by atoms with Gasteiger partial charge in [-0.15, -0.1) is 0 Å². The van der Waals surface area contributed by atoms with Gasteiger partial charge < -0.3 is 14.7 Å². The monoisotopic (exact) mass is 564 g/mol. The lowest BCUT2D eigenvalue weighted by Crippen LogP contribution is -2.56. The Balaban J connectivity index is 1.69. The maximum absolute atomic E-state index is 13.8. The number of halogens is 1. The van der Waals surface area contributed by atoms with Crippen molar-refractivity contribution in [2.24, 2.45) is 5.41 Å². The third-order valence-electron chi connectivity index (χ3n) is 7.41. The van der Waals surface area contributed by atoms with Gasteiger partial charge in [0.25, 0.3) is 5.91 Å². The normalized spacial score (nSPS) is 19.3. The van der Waals surface area contributed by atoms with Gasteiger partial charge in [-0.25, -0.2) is 5.01 Å². The van der Waals surface area contributed by atoms with E-state index < -0.39 is 23.4 Å². The minimum absolute atomic E-state index is 0.0131. The number of benzene rings is 1. The number of nitrogens with one attached hydrogen (secondary N) is 2. The summed E-state index contributed by atoms with van der Waals surface area (Å²) < 4.78 is 5.21. The van der Waals surface area contributed by atoms with Crippen LogP contribution in [-0.4, -0.2) is 83.1 Å². The highest BCUT2D eigenvalue weighted by Crippen LogP contribution is 2.32. The minimum Gasteiger partial charge on any atom is -0.480 e. The molecule has 1 aliphatic heterocycles. The summed E-state index contributed by atoms with van der Waals surface area (Å²) >= 11 is 5.97. The summed E-state index contributed by atoms with van der Waals surface area (Å²) in [4.78, 5) is 51.7. The first kappa shape index (κ1) is 30.8. The molecule has 0 radical (unpaired) electrons. The van der Waals surface area contributed by atoms with Gasteiger partial charge in [0.15, 0.2) is 0 Å². The number of ether oxygens (including phenoxy) is 1. The SMILES string of the molecule is CC(=O)OCC(C)(C)C(=O)N(C1CCCCC1)[C@H]1CCN(NC(=O)C(Cc2ccc(Cl)cc2)NCC(=O)O)C1. The van der Waals surface area contributed by atoms with Gasteiger partial charge in [0.1, 0.15) is 6.61 Å². The molecule has 1 aliphatic carbocycles. The van der Waals surface area contributed by atoms with Crippen molar-refractivity contribution in [3.05, 3.63) is 34.9 Å². The molecule has 10 nitrogen and oxygen atoms in total.